The van der Waals surface area contributed by atoms with Crippen LogP contribution >= 0.6 is 11.8 Å². The van der Waals surface area contributed by atoms with Crippen LogP contribution in [0.1, 0.15) is 26.7 Å². The molecule has 0 saturated carbocycles. The summed E-state index contributed by atoms with van der Waals surface area (Å²) in [6.45, 7) is 3.14. The second kappa shape index (κ2) is 9.03. The summed E-state index contributed by atoms with van der Waals surface area (Å²) < 4.78 is 0. The van der Waals surface area contributed by atoms with Gasteiger partial charge in [-0.1, -0.05) is 0 Å². The Morgan fingerprint density at radius 3 is 2.50 bits per heavy atom. The van der Waals surface area contributed by atoms with Gasteiger partial charge in [-0.3, -0.25) is 14.4 Å². The van der Waals surface area contributed by atoms with Crippen LogP contribution in [0.25, 0.3) is 0 Å². The summed E-state index contributed by atoms with van der Waals surface area (Å²) in [5.41, 5.74) is 0.815. The summed E-state index contributed by atoms with van der Waals surface area (Å²) in [6.07, 6.45) is 1.89. The van der Waals surface area contributed by atoms with E-state index in [1.165, 1.54) is 17.8 Å². The number of hydrogen-bond acceptors (Lipinski definition) is 6. The average molecular weight is 401 g/mol. The van der Waals surface area contributed by atoms with E-state index in [0.717, 1.165) is 13.1 Å². The predicted molar refractivity (Wildman–Crippen MR) is 110 cm³/mol. The van der Waals surface area contributed by atoms with E-state index in [1.807, 2.05) is 18.2 Å². The van der Waals surface area contributed by atoms with E-state index in [1.54, 1.807) is 24.3 Å². The van der Waals surface area contributed by atoms with Crippen LogP contribution in [0, 0.1) is 0 Å². The lowest BCUT2D eigenvalue weighted by atomic mass is 10.1. The van der Waals surface area contributed by atoms with Crippen LogP contribution in [0.2, 0.25) is 0 Å². The maximum Gasteiger partial charge on any atom is 0.274 e. The number of rotatable bonds is 5. The van der Waals surface area contributed by atoms with Gasteiger partial charge in [0, 0.05) is 43.5 Å². The predicted octanol–water partition coefficient (Wildman–Crippen LogP) is 1.27. The van der Waals surface area contributed by atoms with Gasteiger partial charge in [0.2, 0.25) is 0 Å². The molecule has 3 rings (SSSR count). The highest BCUT2D eigenvalue weighted by Crippen LogP contribution is 2.14. The molecule has 148 valence electrons. The van der Waals surface area contributed by atoms with Crippen LogP contribution in [0.15, 0.2) is 35.1 Å². The standard InChI is InChI=1S/C19H23N5O3S/c1-23-7-9-24(10-8-23)19(27)13-3-5-14(6-4-13)20-18(26)15-11-17(25)22-16(21-15)12-28-2/h3-6,11H,7-10,12H2,1-2H3,(H,20,26)(H,21,22,25). The van der Waals surface area contributed by atoms with E-state index >= 15 is 0 Å². The van der Waals surface area contributed by atoms with Gasteiger partial charge in [0.25, 0.3) is 17.4 Å². The Balaban J connectivity index is 1.66. The first-order chi connectivity index (χ1) is 13.5. The number of hydrogen-bond donors (Lipinski definition) is 2. The van der Waals surface area contributed by atoms with E-state index in [-0.39, 0.29) is 17.2 Å². The molecule has 0 bridgehead atoms. The van der Waals surface area contributed by atoms with Gasteiger partial charge in [-0.2, -0.15) is 11.8 Å². The van der Waals surface area contributed by atoms with Gasteiger partial charge >= 0.3 is 0 Å². The van der Waals surface area contributed by atoms with Gasteiger partial charge in [-0.15, -0.1) is 0 Å². The van der Waals surface area contributed by atoms with Crippen LogP contribution in [0.4, 0.5) is 5.69 Å². The molecule has 2 heterocycles. The van der Waals surface area contributed by atoms with Crippen molar-refractivity contribution in [2.24, 2.45) is 0 Å². The molecule has 28 heavy (non-hydrogen) atoms. The zero-order chi connectivity index (χ0) is 20.1. The zero-order valence-corrected chi connectivity index (χ0v) is 16.7. The minimum atomic E-state index is -0.466. The Hall–Kier alpha value is -2.65. The van der Waals surface area contributed by atoms with Crippen molar-refractivity contribution in [2.75, 3.05) is 44.8 Å². The molecular weight excluding hydrogens is 378 g/mol. The topological polar surface area (TPSA) is 98.4 Å². The largest absolute Gasteiger partial charge is 0.336 e. The van der Waals surface area contributed by atoms with Crippen molar-refractivity contribution in [1.29, 1.82) is 0 Å². The number of nitrogens with one attached hydrogen (secondary N) is 2. The molecule has 1 aliphatic heterocycles. The second-order valence-electron chi connectivity index (χ2n) is 6.64. The molecule has 0 radical (unpaired) electrons. The lowest BCUT2D eigenvalue weighted by Crippen LogP contribution is -2.47. The van der Waals surface area contributed by atoms with Crippen LogP contribution < -0.4 is 10.9 Å². The van der Waals surface area contributed by atoms with Crippen molar-refractivity contribution >= 4 is 29.3 Å². The number of carbonyl (C=O) groups is 2. The number of nitrogens with zero attached hydrogens (tertiary/aromatic N) is 3. The van der Waals surface area contributed by atoms with Gasteiger partial charge < -0.3 is 20.1 Å². The number of likely N-dealkylation sites (N-methyl/N-ethyl adjacent to an activating group) is 1. The lowest BCUT2D eigenvalue weighted by molar-refractivity contribution is 0.0664. The number of benzene rings is 1. The molecule has 2 N–H and O–H groups in total. The van der Waals surface area contributed by atoms with Crippen molar-refractivity contribution < 1.29 is 9.59 Å². The van der Waals surface area contributed by atoms with Gasteiger partial charge in [-0.05, 0) is 37.6 Å². The van der Waals surface area contributed by atoms with E-state index in [9.17, 15) is 14.4 Å². The third-order valence-corrected chi connectivity index (χ3v) is 5.05. The van der Waals surface area contributed by atoms with Gasteiger partial charge in [0.05, 0.1) is 5.75 Å². The number of anilines is 1. The summed E-state index contributed by atoms with van der Waals surface area (Å²) in [4.78, 5) is 47.5. The van der Waals surface area contributed by atoms with E-state index in [2.05, 4.69) is 20.2 Å². The Kier molecular flexibility index (Phi) is 6.48. The summed E-state index contributed by atoms with van der Waals surface area (Å²) in [7, 11) is 2.04. The van der Waals surface area contributed by atoms with Crippen molar-refractivity contribution in [3.05, 3.63) is 57.8 Å². The molecule has 1 aliphatic rings. The molecule has 2 amide bonds. The number of H-pyrrole nitrogens is 1. The molecule has 9 heteroatoms. The van der Waals surface area contributed by atoms with E-state index in [4.69, 9.17) is 0 Å². The van der Waals surface area contributed by atoms with Crippen molar-refractivity contribution in [2.45, 2.75) is 5.75 Å². The number of amides is 2. The number of aromatic nitrogens is 2. The van der Waals surface area contributed by atoms with Crippen LogP contribution in [0.3, 0.4) is 0 Å². The molecule has 0 spiro atoms. The number of piperazine rings is 1. The fraction of sp³-hybridized carbons (Fsp3) is 0.368. The summed E-state index contributed by atoms with van der Waals surface area (Å²) in [5.74, 6) is 0.494. The third-order valence-electron chi connectivity index (χ3n) is 4.48. The summed E-state index contributed by atoms with van der Waals surface area (Å²) >= 11 is 1.50. The molecule has 1 aromatic heterocycles. The highest BCUT2D eigenvalue weighted by Gasteiger charge is 2.20. The molecule has 0 unspecified atom stereocenters. The lowest BCUT2D eigenvalue weighted by Gasteiger charge is -2.32. The van der Waals surface area contributed by atoms with Gasteiger partial charge in [0.1, 0.15) is 11.5 Å². The first kappa shape index (κ1) is 20.1. The number of aromatic amines is 1. The molecule has 1 saturated heterocycles. The zero-order valence-electron chi connectivity index (χ0n) is 15.9. The fourth-order valence-corrected chi connectivity index (χ4v) is 3.32. The van der Waals surface area contributed by atoms with Crippen LogP contribution in [0.5, 0.6) is 0 Å². The Bertz CT molecular complexity index is 905. The van der Waals surface area contributed by atoms with Crippen molar-refractivity contribution in [3.63, 3.8) is 0 Å². The molecule has 1 fully saturated rings. The fourth-order valence-electron chi connectivity index (χ4n) is 2.91. The first-order valence-corrected chi connectivity index (χ1v) is 10.3. The van der Waals surface area contributed by atoms with Gasteiger partial charge in [-0.25, -0.2) is 4.98 Å². The van der Waals surface area contributed by atoms with E-state index < -0.39 is 5.91 Å². The second-order valence-corrected chi connectivity index (χ2v) is 7.50. The smallest absolute Gasteiger partial charge is 0.274 e. The number of carbonyl (C=O) groups excluding carboxylic acids is 2. The minimum absolute atomic E-state index is 0.0102. The molecule has 8 nitrogen and oxygen atoms in total. The van der Waals surface area contributed by atoms with Crippen molar-refractivity contribution in [1.82, 2.24) is 19.8 Å². The maximum absolute atomic E-state index is 12.6. The Labute approximate surface area is 167 Å². The van der Waals surface area contributed by atoms with Crippen LogP contribution in [-0.4, -0.2) is 71.1 Å². The van der Waals surface area contributed by atoms with Crippen LogP contribution in [-0.2, 0) is 5.75 Å². The SMILES string of the molecule is CSCc1nc(C(=O)Nc2ccc(C(=O)N3CCN(C)CC3)cc2)cc(=O)[nH]1. The average Bonchev–Trinajstić information content (AvgIpc) is 2.68. The molecular formula is C19H23N5O3S. The molecule has 0 aliphatic carbocycles. The number of thioether (sulfide) groups is 1. The minimum Gasteiger partial charge on any atom is -0.336 e. The highest BCUT2D eigenvalue weighted by molar-refractivity contribution is 7.97. The Morgan fingerprint density at radius 1 is 1.18 bits per heavy atom. The Morgan fingerprint density at radius 2 is 1.86 bits per heavy atom. The molecule has 1 aromatic carbocycles. The summed E-state index contributed by atoms with van der Waals surface area (Å²) in [5, 5.41) is 2.71. The third kappa shape index (κ3) is 4.99. The monoisotopic (exact) mass is 401 g/mol. The first-order valence-electron chi connectivity index (χ1n) is 8.94. The normalized spacial score (nSPS) is 14.7. The highest BCUT2D eigenvalue weighted by atomic mass is 32.2. The maximum atomic E-state index is 12.6. The quantitative estimate of drug-likeness (QED) is 0.783. The molecule has 0 atom stereocenters. The van der Waals surface area contributed by atoms with Gasteiger partial charge in [0.15, 0.2) is 0 Å². The van der Waals surface area contributed by atoms with Crippen molar-refractivity contribution in [3.8, 4) is 0 Å². The summed E-state index contributed by atoms with van der Waals surface area (Å²) in [6, 6.07) is 7.92. The van der Waals surface area contributed by atoms with E-state index in [0.29, 0.717) is 35.9 Å². The molecule has 2 aromatic rings.